The van der Waals surface area contributed by atoms with Gasteiger partial charge in [-0.05, 0) is 23.6 Å². The predicted molar refractivity (Wildman–Crippen MR) is 103 cm³/mol. The average molecular weight is 367 g/mol. The van der Waals surface area contributed by atoms with Gasteiger partial charge in [0.05, 0.1) is 11.8 Å². The molecule has 2 aromatic carbocycles. The van der Waals surface area contributed by atoms with Crippen LogP contribution in [0.2, 0.25) is 0 Å². The third kappa shape index (κ3) is 4.73. The van der Waals surface area contributed by atoms with Gasteiger partial charge in [-0.2, -0.15) is 0 Å². The van der Waals surface area contributed by atoms with E-state index < -0.39 is 0 Å². The van der Waals surface area contributed by atoms with E-state index in [4.69, 9.17) is 4.42 Å². The van der Waals surface area contributed by atoms with Gasteiger partial charge in [0.1, 0.15) is 0 Å². The Labute approximate surface area is 157 Å². The summed E-state index contributed by atoms with van der Waals surface area (Å²) in [5, 5.41) is 11.5. The van der Waals surface area contributed by atoms with Crippen LogP contribution in [0, 0.1) is 5.92 Å². The van der Waals surface area contributed by atoms with Crippen LogP contribution in [0.5, 0.6) is 0 Å². The van der Waals surface area contributed by atoms with Crippen molar-refractivity contribution in [2.75, 3.05) is 5.75 Å². The molecule has 5 nitrogen and oxygen atoms in total. The molecule has 0 aliphatic heterocycles. The molecule has 1 unspecified atom stereocenters. The van der Waals surface area contributed by atoms with Crippen LogP contribution in [-0.4, -0.2) is 21.9 Å². The van der Waals surface area contributed by atoms with Crippen molar-refractivity contribution in [2.24, 2.45) is 5.92 Å². The maximum atomic E-state index is 12.4. The number of aromatic nitrogens is 2. The van der Waals surface area contributed by atoms with Gasteiger partial charge >= 0.3 is 0 Å². The zero-order chi connectivity index (χ0) is 18.4. The first-order valence-corrected chi connectivity index (χ1v) is 9.48. The van der Waals surface area contributed by atoms with E-state index in [1.165, 1.54) is 11.8 Å². The second-order valence-electron chi connectivity index (χ2n) is 6.23. The molecule has 0 spiro atoms. The van der Waals surface area contributed by atoms with E-state index in [0.717, 1.165) is 11.1 Å². The average Bonchev–Trinajstić information content (AvgIpc) is 3.15. The zero-order valence-corrected chi connectivity index (χ0v) is 15.6. The van der Waals surface area contributed by atoms with Crippen LogP contribution >= 0.6 is 11.8 Å². The quantitative estimate of drug-likeness (QED) is 0.629. The highest BCUT2D eigenvalue weighted by molar-refractivity contribution is 7.99. The van der Waals surface area contributed by atoms with Gasteiger partial charge in [-0.25, -0.2) is 0 Å². The summed E-state index contributed by atoms with van der Waals surface area (Å²) in [5.74, 6) is 0.918. The summed E-state index contributed by atoms with van der Waals surface area (Å²) in [6.45, 7) is 4.18. The Morgan fingerprint density at radius 3 is 2.35 bits per heavy atom. The van der Waals surface area contributed by atoms with Crippen molar-refractivity contribution in [2.45, 2.75) is 25.1 Å². The lowest BCUT2D eigenvalue weighted by Crippen LogP contribution is -2.32. The summed E-state index contributed by atoms with van der Waals surface area (Å²) in [6.07, 6.45) is 0. The van der Waals surface area contributed by atoms with Crippen LogP contribution in [0.1, 0.15) is 25.5 Å². The number of hydrogen-bond acceptors (Lipinski definition) is 5. The fraction of sp³-hybridized carbons (Fsp3) is 0.250. The minimum absolute atomic E-state index is 0.0214. The normalized spacial score (nSPS) is 12.1. The first kappa shape index (κ1) is 18.2. The standard InChI is InChI=1S/C20H21N3O2S/c1-14(2)18(15-9-5-3-6-10-15)21-17(24)13-26-20-23-22-19(25-20)16-11-7-4-8-12-16/h3-12,14,18H,13H2,1-2H3,(H,21,24). The van der Waals surface area contributed by atoms with Crippen LogP contribution in [0.4, 0.5) is 0 Å². The van der Waals surface area contributed by atoms with Crippen LogP contribution in [0.25, 0.3) is 11.5 Å². The summed E-state index contributed by atoms with van der Waals surface area (Å²) < 4.78 is 5.62. The smallest absolute Gasteiger partial charge is 0.277 e. The molecular formula is C20H21N3O2S. The molecule has 1 N–H and O–H groups in total. The number of nitrogens with one attached hydrogen (secondary N) is 1. The first-order chi connectivity index (χ1) is 12.6. The van der Waals surface area contributed by atoms with Gasteiger partial charge in [0.25, 0.3) is 5.22 Å². The summed E-state index contributed by atoms with van der Waals surface area (Å²) >= 11 is 1.24. The highest BCUT2D eigenvalue weighted by atomic mass is 32.2. The number of amides is 1. The van der Waals surface area contributed by atoms with Crippen molar-refractivity contribution in [3.8, 4) is 11.5 Å². The van der Waals surface area contributed by atoms with Gasteiger partial charge < -0.3 is 9.73 Å². The Bertz CT molecular complexity index is 835. The maximum Gasteiger partial charge on any atom is 0.277 e. The van der Waals surface area contributed by atoms with Crippen LogP contribution in [0.3, 0.4) is 0 Å². The molecule has 26 heavy (non-hydrogen) atoms. The number of benzene rings is 2. The third-order valence-corrected chi connectivity index (χ3v) is 4.71. The second-order valence-corrected chi connectivity index (χ2v) is 7.15. The van der Waals surface area contributed by atoms with Crippen molar-refractivity contribution >= 4 is 17.7 Å². The van der Waals surface area contributed by atoms with E-state index in [0.29, 0.717) is 17.0 Å². The highest BCUT2D eigenvalue weighted by Crippen LogP contribution is 2.24. The van der Waals surface area contributed by atoms with Gasteiger partial charge in [0, 0.05) is 5.56 Å². The Hall–Kier alpha value is -2.60. The molecule has 134 valence electrons. The topological polar surface area (TPSA) is 68.0 Å². The molecule has 1 amide bonds. The van der Waals surface area contributed by atoms with Crippen molar-refractivity contribution in [3.63, 3.8) is 0 Å². The lowest BCUT2D eigenvalue weighted by Gasteiger charge is -2.22. The molecule has 0 saturated heterocycles. The van der Waals surface area contributed by atoms with Gasteiger partial charge in [0.2, 0.25) is 11.8 Å². The summed E-state index contributed by atoms with van der Waals surface area (Å²) in [6, 6.07) is 19.5. The number of thioether (sulfide) groups is 1. The van der Waals surface area contributed by atoms with Crippen molar-refractivity contribution in [1.29, 1.82) is 0 Å². The first-order valence-electron chi connectivity index (χ1n) is 8.49. The fourth-order valence-corrected chi connectivity index (χ4v) is 3.18. The van der Waals surface area contributed by atoms with Crippen LogP contribution < -0.4 is 5.32 Å². The molecule has 0 aliphatic rings. The van der Waals surface area contributed by atoms with E-state index >= 15 is 0 Å². The fourth-order valence-electron chi connectivity index (χ4n) is 2.60. The van der Waals surface area contributed by atoms with Gasteiger partial charge in [-0.15, -0.1) is 10.2 Å². The summed E-state index contributed by atoms with van der Waals surface area (Å²) in [7, 11) is 0. The van der Waals surface area contributed by atoms with E-state index in [1.807, 2.05) is 60.7 Å². The van der Waals surface area contributed by atoms with E-state index in [9.17, 15) is 4.79 Å². The molecule has 0 bridgehead atoms. The predicted octanol–water partition coefficient (Wildman–Crippen LogP) is 4.34. The molecule has 1 heterocycles. The van der Waals surface area contributed by atoms with E-state index in [-0.39, 0.29) is 17.7 Å². The summed E-state index contributed by atoms with van der Waals surface area (Å²) in [5.41, 5.74) is 1.96. The van der Waals surface area contributed by atoms with Crippen LogP contribution in [0.15, 0.2) is 70.3 Å². The van der Waals surface area contributed by atoms with Crippen molar-refractivity contribution in [1.82, 2.24) is 15.5 Å². The van der Waals surface area contributed by atoms with Gasteiger partial charge in [-0.3, -0.25) is 4.79 Å². The minimum atomic E-state index is -0.0583. The lowest BCUT2D eigenvalue weighted by molar-refractivity contribution is -0.119. The molecule has 0 radical (unpaired) electrons. The molecule has 1 atom stereocenters. The Morgan fingerprint density at radius 2 is 1.69 bits per heavy atom. The third-order valence-electron chi connectivity index (χ3n) is 3.90. The lowest BCUT2D eigenvalue weighted by atomic mass is 9.96. The monoisotopic (exact) mass is 367 g/mol. The maximum absolute atomic E-state index is 12.4. The van der Waals surface area contributed by atoms with Crippen molar-refractivity contribution < 1.29 is 9.21 Å². The SMILES string of the molecule is CC(C)C(NC(=O)CSc1nnc(-c2ccccc2)o1)c1ccccc1. The van der Waals surface area contributed by atoms with Crippen molar-refractivity contribution in [3.05, 3.63) is 66.2 Å². The molecule has 3 aromatic rings. The zero-order valence-electron chi connectivity index (χ0n) is 14.8. The molecule has 0 fully saturated rings. The molecule has 3 rings (SSSR count). The van der Waals surface area contributed by atoms with Crippen LogP contribution in [-0.2, 0) is 4.79 Å². The number of hydrogen-bond donors (Lipinski definition) is 1. The highest BCUT2D eigenvalue weighted by Gasteiger charge is 2.19. The molecule has 1 aromatic heterocycles. The number of carbonyl (C=O) groups is 1. The molecular weight excluding hydrogens is 346 g/mol. The largest absolute Gasteiger partial charge is 0.411 e. The summed E-state index contributed by atoms with van der Waals surface area (Å²) in [4.78, 5) is 12.4. The second kappa shape index (κ2) is 8.67. The van der Waals surface area contributed by atoms with Gasteiger partial charge in [0.15, 0.2) is 0 Å². The molecule has 6 heteroatoms. The number of nitrogens with zero attached hydrogens (tertiary/aromatic N) is 2. The Kier molecular flexibility index (Phi) is 6.07. The number of carbonyl (C=O) groups excluding carboxylic acids is 1. The Morgan fingerprint density at radius 1 is 1.04 bits per heavy atom. The number of rotatable bonds is 7. The van der Waals surface area contributed by atoms with Gasteiger partial charge in [-0.1, -0.05) is 74.1 Å². The molecule has 0 saturated carbocycles. The van der Waals surface area contributed by atoms with E-state index in [2.05, 4.69) is 29.4 Å². The Balaban J connectivity index is 1.58. The molecule has 0 aliphatic carbocycles. The van der Waals surface area contributed by atoms with E-state index in [1.54, 1.807) is 0 Å². The minimum Gasteiger partial charge on any atom is -0.411 e.